The number of hydrogen-bond acceptors (Lipinski definition) is 13. The van der Waals surface area contributed by atoms with Gasteiger partial charge in [-0.2, -0.15) is 33.7 Å². The molecule has 0 aliphatic rings. The Labute approximate surface area is 458 Å². The molecule has 77 heavy (non-hydrogen) atoms. The van der Waals surface area contributed by atoms with Crippen molar-refractivity contribution in [2.45, 2.75) is 19.6 Å². The van der Waals surface area contributed by atoms with Crippen molar-refractivity contribution in [3.8, 4) is 0 Å². The molecule has 6 amide bonds. The smallest absolute Gasteiger partial charge is 0.323 e. The summed E-state index contributed by atoms with van der Waals surface area (Å²) in [5.74, 6) is -2.70. The molecule has 0 aliphatic heterocycles. The van der Waals surface area contributed by atoms with Crippen molar-refractivity contribution >= 4 is 155 Å². The summed E-state index contributed by atoms with van der Waals surface area (Å²) in [6, 6.07) is 15.3. The average molecular weight is 1140 g/mol. The van der Waals surface area contributed by atoms with Gasteiger partial charge in [0.05, 0.1) is 32.5 Å². The topological polar surface area (TPSA) is 395 Å². The van der Waals surface area contributed by atoms with Crippen LogP contribution in [0.1, 0.15) is 42.0 Å². The summed E-state index contributed by atoms with van der Waals surface area (Å²) < 4.78 is 139. The summed E-state index contributed by atoms with van der Waals surface area (Å²) in [5.41, 5.74) is 1.05. The molecule has 0 fully saturated rings. The van der Waals surface area contributed by atoms with Gasteiger partial charge in [0.25, 0.3) is 64.1 Å². The Hall–Kier alpha value is -7.69. The molecule has 0 saturated heterocycles. The first-order valence-electron chi connectivity index (χ1n) is 21.4. The number of anilines is 6. The molecule has 0 unspecified atom stereocenters. The van der Waals surface area contributed by atoms with Crippen LogP contribution < -0.4 is 31.9 Å². The van der Waals surface area contributed by atoms with E-state index < -0.39 is 89.7 Å². The van der Waals surface area contributed by atoms with Crippen molar-refractivity contribution in [1.82, 2.24) is 18.3 Å². The van der Waals surface area contributed by atoms with Crippen LogP contribution in [0.2, 0.25) is 0 Å². The number of carbonyl (C=O) groups is 5. The number of fused-ring (bicyclic) bond motifs is 2. The first-order chi connectivity index (χ1) is 35.3. The van der Waals surface area contributed by atoms with Gasteiger partial charge in [0, 0.05) is 105 Å². The van der Waals surface area contributed by atoms with Crippen LogP contribution in [0.25, 0.3) is 21.5 Å². The van der Waals surface area contributed by atoms with E-state index in [0.29, 0.717) is 12.1 Å². The molecule has 8 aromatic rings. The SMILES string of the molecule is Cn1cc(NC(=O)Nc2cc(C(=O)Nc3cc(C(=O)Nc4ccc5cc(S(=O)(=O)O)cc(S(=O)(=O)O)c5c4)n(C)c3)n(C)c2)cc1C(=O)Nc1cc(C(=O)Nc2ccc3cc(S(=O)(=O)O)cc(S(=O)(=O)O)c3c2)n(C)c1.[Na]. The predicted molar refractivity (Wildman–Crippen MR) is 279 cm³/mol. The third-order valence-electron chi connectivity index (χ3n) is 11.4. The molecule has 0 bridgehead atoms. The molecule has 0 spiro atoms. The number of aromatic nitrogens is 4. The van der Waals surface area contributed by atoms with Crippen molar-refractivity contribution in [3.63, 3.8) is 0 Å². The average Bonchev–Trinajstić information content (AvgIpc) is 4.08. The molecular formula is C45H40N10NaO17S4. The Kier molecular flexibility index (Phi) is 15.6. The molecule has 4 heterocycles. The number of benzene rings is 4. The minimum absolute atomic E-state index is 0. The van der Waals surface area contributed by atoms with Crippen LogP contribution in [-0.4, -0.2) is 129 Å². The van der Waals surface area contributed by atoms with Crippen molar-refractivity contribution < 1.29 is 75.9 Å². The molecule has 32 heteroatoms. The van der Waals surface area contributed by atoms with Crippen LogP contribution in [-0.2, 0) is 68.7 Å². The molecule has 4 aromatic carbocycles. The van der Waals surface area contributed by atoms with E-state index in [1.807, 2.05) is 0 Å². The van der Waals surface area contributed by atoms with Crippen molar-refractivity contribution in [3.05, 3.63) is 132 Å². The van der Waals surface area contributed by atoms with E-state index in [4.69, 9.17) is 0 Å². The van der Waals surface area contributed by atoms with Gasteiger partial charge < -0.3 is 50.2 Å². The Morgan fingerprint density at radius 1 is 0.364 bits per heavy atom. The third kappa shape index (κ3) is 12.6. The van der Waals surface area contributed by atoms with E-state index in [1.54, 1.807) is 0 Å². The summed E-state index contributed by atoms with van der Waals surface area (Å²) in [6.07, 6.45) is 5.76. The zero-order valence-corrected chi connectivity index (χ0v) is 45.7. The summed E-state index contributed by atoms with van der Waals surface area (Å²) in [7, 11) is -13.6. The fourth-order valence-electron chi connectivity index (χ4n) is 7.98. The summed E-state index contributed by atoms with van der Waals surface area (Å²) in [6.45, 7) is 0. The normalized spacial score (nSPS) is 11.9. The first-order valence-corrected chi connectivity index (χ1v) is 27.1. The number of aryl methyl sites for hydroxylation is 4. The number of amides is 6. The molecule has 0 saturated carbocycles. The summed E-state index contributed by atoms with van der Waals surface area (Å²) in [5, 5.41) is 15.4. The summed E-state index contributed by atoms with van der Waals surface area (Å²) in [4.78, 5) is 63.4. The van der Waals surface area contributed by atoms with Crippen LogP contribution in [0.3, 0.4) is 0 Å². The number of hydrogen-bond donors (Lipinski definition) is 10. The minimum atomic E-state index is -5.00. The molecule has 4 aromatic heterocycles. The minimum Gasteiger partial charge on any atom is -0.344 e. The van der Waals surface area contributed by atoms with E-state index >= 15 is 0 Å². The van der Waals surface area contributed by atoms with Crippen LogP contribution in [0.5, 0.6) is 0 Å². The second-order valence-corrected chi connectivity index (χ2v) is 22.5. The van der Waals surface area contributed by atoms with Gasteiger partial charge in [0.1, 0.15) is 32.6 Å². The van der Waals surface area contributed by atoms with Gasteiger partial charge in [-0.15, -0.1) is 0 Å². The van der Waals surface area contributed by atoms with Gasteiger partial charge in [0.2, 0.25) is 0 Å². The standard InChI is InChI=1S/C45H40N10O17S4.Na/c1-52-19-27(13-35(52)41(56)46-25-7-5-23-9-31(73(61,62)63)17-39(33(23)11-25)75(67,68)69)48-43(58)37-15-29(21-54(37)3)50-45(60)51-30-16-38(55(4)22-30)44(59)49-28-14-36(53(2)20-28)42(57)47-26-8-6-24-10-32(74(64,65)66)18-40(34(24)12-26)76(70,71)72;/h5-22H,1-4H3,(H,46,56)(H,47,57)(H,48,58)(H,49,59)(H2,50,51,60)(H,61,62,63)(H,64,65,66)(H,67,68,69)(H,70,71,72);. The van der Waals surface area contributed by atoms with E-state index in [0.717, 1.165) is 12.1 Å². The predicted octanol–water partition coefficient (Wildman–Crippen LogP) is 4.61. The van der Waals surface area contributed by atoms with Gasteiger partial charge in [-0.3, -0.25) is 37.4 Å². The second kappa shape index (κ2) is 21.0. The van der Waals surface area contributed by atoms with Crippen molar-refractivity contribution in [1.29, 1.82) is 0 Å². The van der Waals surface area contributed by atoms with Crippen LogP contribution in [0.15, 0.2) is 129 Å². The van der Waals surface area contributed by atoms with E-state index in [2.05, 4.69) is 31.9 Å². The number of nitrogens with zero attached hydrogens (tertiary/aromatic N) is 4. The second-order valence-electron chi connectivity index (χ2n) is 16.9. The van der Waals surface area contributed by atoms with Crippen molar-refractivity contribution in [2.24, 2.45) is 28.2 Å². The Bertz CT molecular complexity index is 4030. The molecule has 1 radical (unpaired) electrons. The van der Waals surface area contributed by atoms with E-state index in [9.17, 15) is 75.9 Å². The maximum Gasteiger partial charge on any atom is 0.323 e. The van der Waals surface area contributed by atoms with Gasteiger partial charge in [-0.25, -0.2) is 4.79 Å². The molecule has 10 N–H and O–H groups in total. The molecule has 397 valence electrons. The van der Waals surface area contributed by atoms with Crippen molar-refractivity contribution in [2.75, 3.05) is 31.9 Å². The zero-order chi connectivity index (χ0) is 55.6. The number of urea groups is 1. The number of rotatable bonds is 14. The maximum atomic E-state index is 13.4. The van der Waals surface area contributed by atoms with E-state index in [1.165, 1.54) is 132 Å². The van der Waals surface area contributed by atoms with Crippen LogP contribution in [0.4, 0.5) is 38.9 Å². The number of carbonyl (C=O) groups excluding carboxylic acids is 5. The molecule has 27 nitrogen and oxygen atoms in total. The molecule has 0 atom stereocenters. The number of nitrogens with one attached hydrogen (secondary N) is 6. The quantitative estimate of drug-likeness (QED) is 0.0525. The largest absolute Gasteiger partial charge is 0.344 e. The first kappa shape index (κ1) is 57.0. The molecule has 8 rings (SSSR count). The van der Waals surface area contributed by atoms with Crippen LogP contribution >= 0.6 is 0 Å². The maximum absolute atomic E-state index is 13.4. The molecule has 0 aliphatic carbocycles. The fraction of sp³-hybridized carbons (Fsp3) is 0.0889. The summed E-state index contributed by atoms with van der Waals surface area (Å²) >= 11 is 0. The molecular weight excluding hydrogens is 1100 g/mol. The third-order valence-corrected chi connectivity index (χ3v) is 14.9. The van der Waals surface area contributed by atoms with Gasteiger partial charge in [-0.1, -0.05) is 12.1 Å². The fourth-order valence-corrected chi connectivity index (χ4v) is 10.7. The monoisotopic (exact) mass is 1140 g/mol. The van der Waals surface area contributed by atoms with Gasteiger partial charge in [-0.05, 0) is 83.6 Å². The van der Waals surface area contributed by atoms with E-state index in [-0.39, 0.29) is 108 Å². The Morgan fingerprint density at radius 3 is 0.909 bits per heavy atom. The van der Waals surface area contributed by atoms with Gasteiger partial charge >= 0.3 is 6.03 Å². The Balaban J connectivity index is 0.00000861. The zero-order valence-electron chi connectivity index (χ0n) is 40.4. The van der Waals surface area contributed by atoms with Crippen LogP contribution in [0, 0.1) is 0 Å². The van der Waals surface area contributed by atoms with Gasteiger partial charge in [0.15, 0.2) is 0 Å². The Morgan fingerprint density at radius 2 is 0.636 bits per heavy atom.